The Morgan fingerprint density at radius 1 is 0.837 bits per heavy atom. The second kappa shape index (κ2) is 18.3. The zero-order valence-electron chi connectivity index (χ0n) is 26.9. The molecular weight excluding hydrogens is 658 g/mol. The normalized spacial score (nSPS) is 44.9. The molecule has 0 radical (unpaired) electrons. The van der Waals surface area contributed by atoms with Crippen LogP contribution in [-0.4, -0.2) is 191 Å². The van der Waals surface area contributed by atoms with Gasteiger partial charge >= 0.3 is 0 Å². The molecule has 284 valence electrons. The van der Waals surface area contributed by atoms with E-state index in [4.69, 9.17) is 62.2 Å². The number of hydrogen-bond acceptors (Lipinski definition) is 20. The minimum atomic E-state index is -1.66. The molecule has 0 spiro atoms. The number of carbonyl (C=O) groups excluding carboxylic acids is 1. The third kappa shape index (κ3) is 9.47. The minimum absolute atomic E-state index is 0.0551. The van der Waals surface area contributed by atoms with Crippen LogP contribution in [0.2, 0.25) is 0 Å². The average molecular weight is 712 g/mol. The highest BCUT2D eigenvalue weighted by molar-refractivity contribution is 5.81. The fourth-order valence-electron chi connectivity index (χ4n) is 6.18. The summed E-state index contributed by atoms with van der Waals surface area (Å²) in [7, 11) is 0. The molecule has 0 aromatic carbocycles. The van der Waals surface area contributed by atoms with E-state index in [1.807, 2.05) is 0 Å². The number of nitrogens with two attached hydrogens (primary N) is 5. The van der Waals surface area contributed by atoms with Crippen molar-refractivity contribution in [2.75, 3.05) is 39.4 Å². The molecule has 21 nitrogen and oxygen atoms in total. The second-order valence-electron chi connectivity index (χ2n) is 12.5. The lowest BCUT2D eigenvalue weighted by molar-refractivity contribution is -0.284. The van der Waals surface area contributed by atoms with Crippen LogP contribution >= 0.6 is 0 Å². The molecule has 4 aliphatic rings. The molecule has 3 aliphatic heterocycles. The number of ether oxygens (including phenoxy) is 6. The summed E-state index contributed by atoms with van der Waals surface area (Å²) in [5.41, 5.74) is 29.8. The number of carbonyl (C=O) groups is 1. The van der Waals surface area contributed by atoms with Crippen LogP contribution in [-0.2, 0) is 33.2 Å². The Morgan fingerprint density at radius 2 is 1.51 bits per heavy atom. The quantitative estimate of drug-likeness (QED) is 0.0553. The Kier molecular flexibility index (Phi) is 15.0. The molecule has 18 atom stereocenters. The van der Waals surface area contributed by atoms with E-state index in [0.29, 0.717) is 13.1 Å². The molecule has 1 amide bonds. The van der Waals surface area contributed by atoms with Gasteiger partial charge in [0.05, 0.1) is 37.4 Å². The van der Waals surface area contributed by atoms with Crippen molar-refractivity contribution in [2.45, 2.75) is 117 Å². The van der Waals surface area contributed by atoms with Crippen LogP contribution in [0.25, 0.3) is 0 Å². The molecule has 1 aliphatic carbocycles. The van der Waals surface area contributed by atoms with Crippen LogP contribution in [0.1, 0.15) is 6.42 Å². The highest BCUT2D eigenvalue weighted by Crippen LogP contribution is 2.34. The molecule has 0 aromatic rings. The monoisotopic (exact) mass is 711 g/mol. The van der Waals surface area contributed by atoms with Gasteiger partial charge in [0.2, 0.25) is 5.91 Å². The van der Waals surface area contributed by atoms with Gasteiger partial charge in [-0.3, -0.25) is 4.79 Å². The number of amides is 1. The first-order chi connectivity index (χ1) is 23.3. The van der Waals surface area contributed by atoms with E-state index < -0.39 is 123 Å². The van der Waals surface area contributed by atoms with Gasteiger partial charge in [0.25, 0.3) is 0 Å². The first-order valence-corrected chi connectivity index (χ1v) is 16.3. The molecule has 3 heterocycles. The van der Waals surface area contributed by atoms with Gasteiger partial charge in [0.15, 0.2) is 18.9 Å². The smallest absolute Gasteiger partial charge is 0.250 e. The second-order valence-corrected chi connectivity index (χ2v) is 12.5. The summed E-state index contributed by atoms with van der Waals surface area (Å²) < 4.78 is 35.6. The number of nitrogens with one attached hydrogen (secondary N) is 2. The van der Waals surface area contributed by atoms with Crippen molar-refractivity contribution in [3.63, 3.8) is 0 Å². The molecule has 0 bridgehead atoms. The largest absolute Gasteiger partial charge is 0.395 e. The molecule has 4 rings (SSSR count). The number of aliphatic hydroxyl groups excluding tert-OH is 7. The molecular formula is C28H53N7O14. The molecule has 3 fully saturated rings. The van der Waals surface area contributed by atoms with Crippen molar-refractivity contribution in [3.05, 3.63) is 12.2 Å². The van der Waals surface area contributed by atoms with Crippen LogP contribution in [0.3, 0.4) is 0 Å². The van der Waals surface area contributed by atoms with Gasteiger partial charge < -0.3 is 103 Å². The topological polar surface area (TPSA) is 368 Å². The summed E-state index contributed by atoms with van der Waals surface area (Å²) >= 11 is 0. The van der Waals surface area contributed by atoms with Crippen LogP contribution in [0.15, 0.2) is 12.2 Å². The molecule has 49 heavy (non-hydrogen) atoms. The Balaban J connectivity index is 1.54. The Labute approximate surface area is 282 Å². The lowest BCUT2D eigenvalue weighted by Gasteiger charge is -2.46. The van der Waals surface area contributed by atoms with E-state index >= 15 is 0 Å². The van der Waals surface area contributed by atoms with Crippen LogP contribution in [0.5, 0.6) is 0 Å². The Morgan fingerprint density at radius 3 is 2.16 bits per heavy atom. The van der Waals surface area contributed by atoms with Crippen LogP contribution < -0.4 is 39.3 Å². The molecule has 0 unspecified atom stereocenters. The Hall–Kier alpha value is -1.55. The van der Waals surface area contributed by atoms with Crippen molar-refractivity contribution in [1.82, 2.24) is 10.6 Å². The van der Waals surface area contributed by atoms with Gasteiger partial charge in [-0.25, -0.2) is 0 Å². The summed E-state index contributed by atoms with van der Waals surface area (Å²) in [6.45, 7) is -0.682. The van der Waals surface area contributed by atoms with Crippen molar-refractivity contribution in [3.8, 4) is 0 Å². The molecule has 21 heteroatoms. The van der Waals surface area contributed by atoms with Gasteiger partial charge in [-0.15, -0.1) is 0 Å². The van der Waals surface area contributed by atoms with Gasteiger partial charge in [0.1, 0.15) is 61.0 Å². The SMILES string of the molecule is NC[C@@H]1O[C@H](O[C@H]2[C@@H](O)[C@H](O[C@@H]3[C@@H](O)[C@H](NC(=O)[C@@H](O)CN)C[C@H](N)[C@H]3O[C@H]3O[C@H](CNCCO)C=C[C@H]3N)O[C@@H]2CO)[C@H](N)[C@@H](O)[C@@H]1O. The maximum atomic E-state index is 12.5. The van der Waals surface area contributed by atoms with Gasteiger partial charge in [-0.1, -0.05) is 12.2 Å². The average Bonchev–Trinajstić information content (AvgIpc) is 3.38. The van der Waals surface area contributed by atoms with Crippen molar-refractivity contribution in [1.29, 1.82) is 0 Å². The predicted octanol–water partition coefficient (Wildman–Crippen LogP) is -8.96. The molecule has 0 aromatic heterocycles. The third-order valence-corrected chi connectivity index (χ3v) is 9.00. The van der Waals surface area contributed by atoms with Gasteiger partial charge in [-0.05, 0) is 6.42 Å². The van der Waals surface area contributed by atoms with E-state index in [-0.39, 0.29) is 26.1 Å². The zero-order valence-corrected chi connectivity index (χ0v) is 26.9. The van der Waals surface area contributed by atoms with Crippen molar-refractivity contribution in [2.24, 2.45) is 28.7 Å². The standard InChI is InChI=1S/C28H53N7O14/c29-6-14(38)25(43)35-13-5-12(32)22(47-26-11(31)2-1-10(44-26)8-34-3-4-36)24(18(13)39)49-28-21(42)23(16(9-37)46-28)48-27-17(33)20(41)19(40)15(7-30)45-27/h1-2,10-24,26-28,34,36-42H,3-9,29-33H2,(H,35,43)/t10-,11+,12-,13+,14-,15-,16+,17+,18-,19+,20+,21+,22+,23+,24+,26+,27+,28-/m0/s1. The predicted molar refractivity (Wildman–Crippen MR) is 165 cm³/mol. The summed E-state index contributed by atoms with van der Waals surface area (Å²) in [5.74, 6) is -0.865. The fourth-order valence-corrected chi connectivity index (χ4v) is 6.18. The lowest BCUT2D eigenvalue weighted by Crippen LogP contribution is -2.67. The van der Waals surface area contributed by atoms with E-state index in [9.17, 15) is 35.4 Å². The fraction of sp³-hybridized carbons (Fsp3) is 0.893. The lowest BCUT2D eigenvalue weighted by atomic mass is 9.83. The summed E-state index contributed by atoms with van der Waals surface area (Å²) in [6.07, 6.45) is -15.2. The summed E-state index contributed by atoms with van der Waals surface area (Å²) in [5, 5.41) is 78.1. The highest BCUT2D eigenvalue weighted by Gasteiger charge is 2.54. The van der Waals surface area contributed by atoms with E-state index in [2.05, 4.69) is 10.6 Å². The van der Waals surface area contributed by atoms with E-state index in [1.54, 1.807) is 12.2 Å². The summed E-state index contributed by atoms with van der Waals surface area (Å²) in [4.78, 5) is 12.5. The minimum Gasteiger partial charge on any atom is -0.395 e. The molecule has 1 saturated carbocycles. The van der Waals surface area contributed by atoms with E-state index in [0.717, 1.165) is 0 Å². The highest BCUT2D eigenvalue weighted by atomic mass is 16.8. The number of aliphatic hydroxyl groups is 7. The van der Waals surface area contributed by atoms with E-state index in [1.165, 1.54) is 0 Å². The number of hydrogen-bond donors (Lipinski definition) is 14. The van der Waals surface area contributed by atoms with Crippen molar-refractivity contribution >= 4 is 5.91 Å². The van der Waals surface area contributed by atoms with Crippen LogP contribution in [0, 0.1) is 0 Å². The van der Waals surface area contributed by atoms with Crippen molar-refractivity contribution < 1.29 is 69.0 Å². The van der Waals surface area contributed by atoms with Gasteiger partial charge in [-0.2, -0.15) is 0 Å². The first kappa shape index (κ1) is 40.2. The van der Waals surface area contributed by atoms with Crippen LogP contribution in [0.4, 0.5) is 0 Å². The molecule has 2 saturated heterocycles. The number of rotatable bonds is 15. The van der Waals surface area contributed by atoms with Gasteiger partial charge in [0, 0.05) is 32.2 Å². The third-order valence-electron chi connectivity index (χ3n) is 9.00. The first-order valence-electron chi connectivity index (χ1n) is 16.3. The summed E-state index contributed by atoms with van der Waals surface area (Å²) in [6, 6.07) is -4.08. The maximum absolute atomic E-state index is 12.5. The zero-order chi connectivity index (χ0) is 36.0. The maximum Gasteiger partial charge on any atom is 0.250 e. The Bertz CT molecular complexity index is 1070. The molecule has 19 N–H and O–H groups in total.